The van der Waals surface area contributed by atoms with Crippen molar-refractivity contribution in [2.24, 2.45) is 5.73 Å². The molecule has 0 rings (SSSR count). The lowest BCUT2D eigenvalue weighted by atomic mass is 10.0. The van der Waals surface area contributed by atoms with Crippen LogP contribution >= 0.6 is 10.6 Å². The van der Waals surface area contributed by atoms with Crippen LogP contribution in [0.1, 0.15) is 27.2 Å². The van der Waals surface area contributed by atoms with E-state index in [1.54, 1.807) is 13.8 Å². The normalized spacial score (nSPS) is 13.3. The van der Waals surface area contributed by atoms with Gasteiger partial charge in [-0.25, -0.2) is 0 Å². The van der Waals surface area contributed by atoms with Crippen LogP contribution in [0.3, 0.4) is 0 Å². The number of ketones is 1. The fraction of sp³-hybridized carbons (Fsp3) is 0.800. The predicted molar refractivity (Wildman–Crippen MR) is 67.1 cm³/mol. The number of esters is 1. The first kappa shape index (κ1) is 16.4. The summed E-state index contributed by atoms with van der Waals surface area (Å²) >= 11 is 0. The van der Waals surface area contributed by atoms with Crippen molar-refractivity contribution < 1.29 is 23.4 Å². The van der Waals surface area contributed by atoms with Crippen molar-refractivity contribution in [2.45, 2.75) is 32.7 Å². The molecule has 6 nitrogen and oxygen atoms in total. The zero-order valence-corrected chi connectivity index (χ0v) is 11.2. The van der Waals surface area contributed by atoms with Crippen LogP contribution in [0, 0.1) is 0 Å². The quantitative estimate of drug-likeness (QED) is 0.593. The zero-order chi connectivity index (χ0) is 13.7. The van der Waals surface area contributed by atoms with E-state index in [-0.39, 0.29) is 5.75 Å². The molecule has 0 aromatic heterocycles. The minimum absolute atomic E-state index is 0.0717. The van der Waals surface area contributed by atoms with Crippen molar-refractivity contribution in [3.8, 4) is 0 Å². The first-order valence-electron chi connectivity index (χ1n) is 5.19. The fourth-order valence-electron chi connectivity index (χ4n) is 0.980. The summed E-state index contributed by atoms with van der Waals surface area (Å²) in [5.74, 6) is -1.40. The van der Waals surface area contributed by atoms with Gasteiger partial charge in [0.1, 0.15) is 0 Å². The van der Waals surface area contributed by atoms with E-state index in [1.165, 1.54) is 6.92 Å². The maximum Gasteiger partial charge on any atom is 0.303 e. The maximum atomic E-state index is 11.3. The van der Waals surface area contributed by atoms with Gasteiger partial charge < -0.3 is 10.5 Å². The summed E-state index contributed by atoms with van der Waals surface area (Å²) in [4.78, 5) is 21.7. The number of ether oxygens (including phenoxy) is 1. The van der Waals surface area contributed by atoms with Gasteiger partial charge in [0.2, 0.25) is 0 Å². The van der Waals surface area contributed by atoms with E-state index in [9.17, 15) is 18.7 Å². The number of nitrogens with two attached hydrogens (primary N) is 1. The van der Waals surface area contributed by atoms with E-state index in [2.05, 4.69) is 4.74 Å². The molecule has 0 saturated carbocycles. The Morgan fingerprint density at radius 3 is 2.29 bits per heavy atom. The Morgan fingerprint density at radius 1 is 1.35 bits per heavy atom. The van der Waals surface area contributed by atoms with Gasteiger partial charge >= 0.3 is 5.97 Å². The topological polar surface area (TPSA) is 110 Å². The third-order valence-corrected chi connectivity index (χ3v) is 3.54. The monoisotopic (exact) mass is 267 g/mol. The van der Waals surface area contributed by atoms with Crippen LogP contribution in [0.5, 0.6) is 0 Å². The SMILES string of the molecule is CC(=O)OCC(=O)CS(O)(O)CCC(C)(C)N. The highest BCUT2D eigenvalue weighted by Gasteiger charge is 2.21. The fourth-order valence-corrected chi connectivity index (χ4v) is 2.58. The van der Waals surface area contributed by atoms with Crippen molar-refractivity contribution in [3.63, 3.8) is 0 Å². The summed E-state index contributed by atoms with van der Waals surface area (Å²) in [5.41, 5.74) is 5.20. The Labute approximate surface area is 103 Å². The molecule has 17 heavy (non-hydrogen) atoms. The molecule has 0 fully saturated rings. The number of hydrogen-bond donors (Lipinski definition) is 3. The minimum atomic E-state index is -2.98. The van der Waals surface area contributed by atoms with E-state index < -0.39 is 40.2 Å². The maximum absolute atomic E-state index is 11.3. The molecule has 0 aliphatic rings. The van der Waals surface area contributed by atoms with Crippen LogP contribution in [-0.4, -0.2) is 44.5 Å². The van der Waals surface area contributed by atoms with Gasteiger partial charge in [-0.15, -0.1) is 0 Å². The third-order valence-electron chi connectivity index (χ3n) is 1.90. The molecule has 0 aliphatic carbocycles. The molecule has 0 aromatic carbocycles. The number of rotatable bonds is 7. The van der Waals surface area contributed by atoms with Crippen molar-refractivity contribution in [1.82, 2.24) is 0 Å². The van der Waals surface area contributed by atoms with E-state index in [4.69, 9.17) is 5.73 Å². The van der Waals surface area contributed by atoms with Crippen LogP contribution in [0.4, 0.5) is 0 Å². The molecule has 0 heterocycles. The predicted octanol–water partition coefficient (Wildman–Crippen LogP) is 0.997. The molecule has 0 aliphatic heterocycles. The molecule has 0 aromatic rings. The summed E-state index contributed by atoms with van der Waals surface area (Å²) in [6.07, 6.45) is 0.399. The second kappa shape index (κ2) is 6.34. The Bertz CT molecular complexity index is 285. The molecule has 0 radical (unpaired) electrons. The van der Waals surface area contributed by atoms with E-state index >= 15 is 0 Å². The molecular weight excluding hydrogens is 246 g/mol. The van der Waals surface area contributed by atoms with E-state index in [0.717, 1.165) is 0 Å². The Morgan fingerprint density at radius 2 is 1.88 bits per heavy atom. The lowest BCUT2D eigenvalue weighted by Crippen LogP contribution is -2.34. The van der Waals surface area contributed by atoms with Crippen LogP contribution in [0.25, 0.3) is 0 Å². The summed E-state index contributed by atoms with van der Waals surface area (Å²) < 4.78 is 23.7. The van der Waals surface area contributed by atoms with Crippen molar-refractivity contribution in [1.29, 1.82) is 0 Å². The standard InChI is InChI=1S/C10H21NO5S/c1-8(12)16-6-9(13)7-17(14,15)5-4-10(2,3)11/h14-15H,4-7,11H2,1-3H3. The number of carbonyl (C=O) groups excluding carboxylic acids is 2. The van der Waals surface area contributed by atoms with Gasteiger partial charge in [0, 0.05) is 18.2 Å². The van der Waals surface area contributed by atoms with Gasteiger partial charge in [0.05, 0.1) is 5.75 Å². The molecule has 0 atom stereocenters. The molecule has 0 unspecified atom stereocenters. The second-order valence-corrected chi connectivity index (χ2v) is 7.01. The van der Waals surface area contributed by atoms with Gasteiger partial charge in [0.15, 0.2) is 12.4 Å². The minimum Gasteiger partial charge on any atom is -0.458 e. The number of hydrogen-bond acceptors (Lipinski definition) is 6. The Kier molecular flexibility index (Phi) is 6.11. The number of Topliss-reactive ketones (excluding diaryl/α,β-unsaturated/α-hetero) is 1. The third kappa shape index (κ3) is 10.3. The average molecular weight is 267 g/mol. The van der Waals surface area contributed by atoms with Gasteiger partial charge in [-0.2, -0.15) is 10.6 Å². The van der Waals surface area contributed by atoms with Gasteiger partial charge in [0.25, 0.3) is 0 Å². The first-order valence-corrected chi connectivity index (χ1v) is 7.08. The summed E-state index contributed by atoms with van der Waals surface area (Å²) in [6, 6.07) is 0. The average Bonchev–Trinajstić information content (AvgIpc) is 2.10. The molecule has 0 bridgehead atoms. The molecule has 4 N–H and O–H groups in total. The van der Waals surface area contributed by atoms with Gasteiger partial charge in [-0.3, -0.25) is 18.7 Å². The smallest absolute Gasteiger partial charge is 0.303 e. The summed E-state index contributed by atoms with van der Waals surface area (Å²) in [7, 11) is -2.98. The molecule has 0 amide bonds. The lowest BCUT2D eigenvalue weighted by molar-refractivity contribution is -0.145. The van der Waals surface area contributed by atoms with Gasteiger partial charge in [-0.1, -0.05) is 0 Å². The zero-order valence-electron chi connectivity index (χ0n) is 10.4. The molecule has 0 saturated heterocycles. The highest BCUT2D eigenvalue weighted by atomic mass is 32.3. The van der Waals surface area contributed by atoms with Crippen LogP contribution in [0.15, 0.2) is 0 Å². The second-order valence-electron chi connectivity index (χ2n) is 4.71. The molecule has 7 heteroatoms. The summed E-state index contributed by atoms with van der Waals surface area (Å²) in [6.45, 7) is 4.30. The molecule has 102 valence electrons. The van der Waals surface area contributed by atoms with Crippen LogP contribution < -0.4 is 5.73 Å². The van der Waals surface area contributed by atoms with Crippen molar-refractivity contribution in [2.75, 3.05) is 18.1 Å². The highest BCUT2D eigenvalue weighted by Crippen LogP contribution is 2.39. The molecular formula is C10H21NO5S. The Hall–Kier alpha value is -0.630. The van der Waals surface area contributed by atoms with Gasteiger partial charge in [-0.05, 0) is 20.3 Å². The largest absolute Gasteiger partial charge is 0.458 e. The Balaban J connectivity index is 4.07. The van der Waals surface area contributed by atoms with Crippen molar-refractivity contribution >= 4 is 22.3 Å². The first-order chi connectivity index (χ1) is 7.52. The number of carbonyl (C=O) groups is 2. The van der Waals surface area contributed by atoms with Crippen LogP contribution in [-0.2, 0) is 14.3 Å². The van der Waals surface area contributed by atoms with E-state index in [0.29, 0.717) is 6.42 Å². The molecule has 0 spiro atoms. The lowest BCUT2D eigenvalue weighted by Gasteiger charge is -2.33. The summed E-state index contributed by atoms with van der Waals surface area (Å²) in [5, 5.41) is 0. The highest BCUT2D eigenvalue weighted by molar-refractivity contribution is 8.24. The van der Waals surface area contributed by atoms with Crippen LogP contribution in [0.2, 0.25) is 0 Å². The van der Waals surface area contributed by atoms with Crippen molar-refractivity contribution in [3.05, 3.63) is 0 Å². The van der Waals surface area contributed by atoms with E-state index in [1.807, 2.05) is 0 Å².